The SMILES string of the molecule is C=C(C)C1=C(C)C[C@@]2(C)C[C@@]3(C)Cc4c(-c5ccc(C(C)C)cc5)ccc(C)c4C(=C)C3=C(C)[C@@]2(C)C1=C. The molecule has 2 aromatic rings. The van der Waals surface area contributed by atoms with E-state index in [9.17, 15) is 0 Å². The summed E-state index contributed by atoms with van der Waals surface area (Å²) in [4.78, 5) is 0. The van der Waals surface area contributed by atoms with Crippen LogP contribution in [0, 0.1) is 23.2 Å². The van der Waals surface area contributed by atoms with Crippen LogP contribution >= 0.6 is 0 Å². The van der Waals surface area contributed by atoms with E-state index in [4.69, 9.17) is 13.2 Å². The Kier molecular flexibility index (Phi) is 6.03. The van der Waals surface area contributed by atoms with E-state index in [2.05, 4.69) is 105 Å². The minimum absolute atomic E-state index is 0.0319. The van der Waals surface area contributed by atoms with Crippen LogP contribution in [0.25, 0.3) is 16.7 Å². The van der Waals surface area contributed by atoms with Crippen LogP contribution in [0.3, 0.4) is 0 Å². The third kappa shape index (κ3) is 3.48. The van der Waals surface area contributed by atoms with Gasteiger partial charge in [0.25, 0.3) is 0 Å². The lowest BCUT2D eigenvalue weighted by atomic mass is 9.41. The van der Waals surface area contributed by atoms with E-state index in [0.29, 0.717) is 5.92 Å². The van der Waals surface area contributed by atoms with Crippen molar-refractivity contribution in [1.82, 2.24) is 0 Å². The molecule has 2 aromatic carbocycles. The Morgan fingerprint density at radius 3 is 2.11 bits per heavy atom. The smallest absolute Gasteiger partial charge is 0.0194 e. The summed E-state index contributed by atoms with van der Waals surface area (Å²) in [5.41, 5.74) is 17.5. The van der Waals surface area contributed by atoms with E-state index >= 15 is 0 Å². The first-order valence-corrected chi connectivity index (χ1v) is 14.4. The molecule has 5 rings (SSSR count). The molecule has 0 radical (unpaired) electrons. The zero-order valence-electron chi connectivity index (χ0n) is 25.3. The van der Waals surface area contributed by atoms with Gasteiger partial charge in [0.2, 0.25) is 0 Å². The number of fused-ring (bicyclic) bond motifs is 3. The fraction of sp³-hybridized carbons (Fsp3) is 0.421. The van der Waals surface area contributed by atoms with Crippen molar-refractivity contribution in [3.63, 3.8) is 0 Å². The average Bonchev–Trinajstić information content (AvgIpc) is 2.81. The highest BCUT2D eigenvalue weighted by Gasteiger charge is 2.59. The van der Waals surface area contributed by atoms with Gasteiger partial charge in [0.05, 0.1) is 0 Å². The zero-order valence-corrected chi connectivity index (χ0v) is 25.3. The van der Waals surface area contributed by atoms with Crippen LogP contribution in [0.4, 0.5) is 0 Å². The Bertz CT molecular complexity index is 1470. The van der Waals surface area contributed by atoms with E-state index in [1.165, 1.54) is 66.8 Å². The maximum Gasteiger partial charge on any atom is 0.0194 e. The zero-order chi connectivity index (χ0) is 27.9. The minimum Gasteiger partial charge on any atom is -0.0955 e. The van der Waals surface area contributed by atoms with Gasteiger partial charge in [0, 0.05) is 5.41 Å². The van der Waals surface area contributed by atoms with Gasteiger partial charge in [0.15, 0.2) is 0 Å². The molecule has 0 fully saturated rings. The van der Waals surface area contributed by atoms with Crippen LogP contribution in [0.15, 0.2) is 89.6 Å². The van der Waals surface area contributed by atoms with Gasteiger partial charge in [-0.2, -0.15) is 0 Å². The molecule has 0 aromatic heterocycles. The fourth-order valence-electron chi connectivity index (χ4n) is 8.86. The highest BCUT2D eigenvalue weighted by Crippen LogP contribution is 2.70. The fourth-order valence-corrected chi connectivity index (χ4v) is 8.86. The molecule has 38 heavy (non-hydrogen) atoms. The Morgan fingerprint density at radius 2 is 1.53 bits per heavy atom. The molecule has 0 amide bonds. The van der Waals surface area contributed by atoms with Gasteiger partial charge in [-0.05, 0) is 119 Å². The maximum absolute atomic E-state index is 4.84. The summed E-state index contributed by atoms with van der Waals surface area (Å²) < 4.78 is 0. The number of benzene rings is 2. The summed E-state index contributed by atoms with van der Waals surface area (Å²) in [5.74, 6) is 0.538. The monoisotopic (exact) mass is 502 g/mol. The van der Waals surface area contributed by atoms with E-state index < -0.39 is 0 Å². The molecule has 3 aliphatic carbocycles. The minimum atomic E-state index is -0.117. The number of rotatable bonds is 3. The lowest BCUT2D eigenvalue weighted by molar-refractivity contribution is 0.0544. The van der Waals surface area contributed by atoms with Gasteiger partial charge in [-0.25, -0.2) is 0 Å². The van der Waals surface area contributed by atoms with Crippen molar-refractivity contribution in [2.24, 2.45) is 16.2 Å². The number of hydrogen-bond acceptors (Lipinski definition) is 0. The number of hydrogen-bond donors (Lipinski definition) is 0. The van der Waals surface area contributed by atoms with Crippen LogP contribution in [-0.2, 0) is 6.42 Å². The predicted molar refractivity (Wildman–Crippen MR) is 166 cm³/mol. The predicted octanol–water partition coefficient (Wildman–Crippen LogP) is 10.9. The molecule has 0 unspecified atom stereocenters. The maximum atomic E-state index is 4.84. The van der Waals surface area contributed by atoms with Crippen molar-refractivity contribution >= 4 is 5.57 Å². The molecule has 0 saturated carbocycles. The van der Waals surface area contributed by atoms with Crippen molar-refractivity contribution in [2.45, 2.75) is 87.5 Å². The van der Waals surface area contributed by atoms with Gasteiger partial charge in [-0.1, -0.05) is 107 Å². The Hall–Kier alpha value is -2.86. The summed E-state index contributed by atoms with van der Waals surface area (Å²) in [6.45, 7) is 35.0. The van der Waals surface area contributed by atoms with E-state index in [1.54, 1.807) is 0 Å². The second-order valence-corrected chi connectivity index (χ2v) is 13.7. The highest BCUT2D eigenvalue weighted by atomic mass is 14.6. The lowest BCUT2D eigenvalue weighted by Gasteiger charge is -2.62. The van der Waals surface area contributed by atoms with Crippen molar-refractivity contribution in [1.29, 1.82) is 0 Å². The first kappa shape index (κ1) is 26.7. The summed E-state index contributed by atoms with van der Waals surface area (Å²) in [6.07, 6.45) is 3.26. The normalized spacial score (nSPS) is 28.9. The van der Waals surface area contributed by atoms with Crippen LogP contribution in [0.1, 0.15) is 96.4 Å². The van der Waals surface area contributed by atoms with Gasteiger partial charge >= 0.3 is 0 Å². The van der Waals surface area contributed by atoms with Crippen molar-refractivity contribution < 1.29 is 0 Å². The molecule has 3 atom stereocenters. The summed E-state index contributed by atoms with van der Waals surface area (Å²) in [5, 5.41) is 0. The van der Waals surface area contributed by atoms with Gasteiger partial charge in [0.1, 0.15) is 0 Å². The molecule has 0 saturated heterocycles. The molecule has 0 N–H and O–H groups in total. The molecule has 0 aliphatic heterocycles. The topological polar surface area (TPSA) is 0 Å². The largest absolute Gasteiger partial charge is 0.0955 e. The third-order valence-corrected chi connectivity index (χ3v) is 10.7. The molecule has 0 nitrogen and oxygen atoms in total. The van der Waals surface area contributed by atoms with E-state index in [-0.39, 0.29) is 16.2 Å². The van der Waals surface area contributed by atoms with Gasteiger partial charge in [-0.15, -0.1) is 0 Å². The Morgan fingerprint density at radius 1 is 0.895 bits per heavy atom. The van der Waals surface area contributed by atoms with Gasteiger partial charge < -0.3 is 0 Å². The average molecular weight is 503 g/mol. The van der Waals surface area contributed by atoms with Gasteiger partial charge in [-0.3, -0.25) is 0 Å². The quantitative estimate of drug-likeness (QED) is 0.391. The van der Waals surface area contributed by atoms with E-state index in [0.717, 1.165) is 24.8 Å². The van der Waals surface area contributed by atoms with Crippen molar-refractivity contribution in [2.75, 3.05) is 0 Å². The van der Waals surface area contributed by atoms with Crippen molar-refractivity contribution in [3.05, 3.63) is 112 Å². The molecule has 198 valence electrons. The highest BCUT2D eigenvalue weighted by molar-refractivity contribution is 5.90. The molecular weight excluding hydrogens is 456 g/mol. The van der Waals surface area contributed by atoms with Crippen molar-refractivity contribution in [3.8, 4) is 11.1 Å². The molecule has 0 heterocycles. The van der Waals surface area contributed by atoms with Crippen LogP contribution in [0.5, 0.6) is 0 Å². The van der Waals surface area contributed by atoms with E-state index in [1.807, 2.05) is 0 Å². The standard InChI is InChI=1S/C38H46/c1-22(2)29-14-16-30(17-15-29)31-18-13-24(5)34-26(7)35-28(9)38(12)27(8)33(23(3)4)25(6)19-37(38,11)21-36(35,10)20-32(31)34/h13-18,22H,3,7-8,19-21H2,1-2,4-6,9-12H3/t36-,37+,38-/m1/s1. The number of allylic oxidation sites excluding steroid dienone is 7. The summed E-state index contributed by atoms with van der Waals surface area (Å²) in [7, 11) is 0. The second kappa shape index (κ2) is 8.57. The summed E-state index contributed by atoms with van der Waals surface area (Å²) >= 11 is 0. The molecule has 0 bridgehead atoms. The molecule has 0 spiro atoms. The number of aryl methyl sites for hydroxylation is 1. The molecular formula is C38H46. The van der Waals surface area contributed by atoms with Crippen LogP contribution in [-0.4, -0.2) is 0 Å². The Balaban J connectivity index is 1.73. The molecule has 3 aliphatic rings. The third-order valence-electron chi connectivity index (χ3n) is 10.7. The Labute approximate surface area is 232 Å². The summed E-state index contributed by atoms with van der Waals surface area (Å²) in [6, 6.07) is 13.9. The second-order valence-electron chi connectivity index (χ2n) is 13.7. The lowest BCUT2D eigenvalue weighted by Crippen LogP contribution is -2.52. The first-order valence-electron chi connectivity index (χ1n) is 14.4. The molecule has 0 heteroatoms. The van der Waals surface area contributed by atoms with Crippen LogP contribution in [0.2, 0.25) is 0 Å². The first-order chi connectivity index (χ1) is 17.7. The van der Waals surface area contributed by atoms with Crippen LogP contribution < -0.4 is 0 Å².